The standard InChI is InChI=1S/C17H13BrN2OS/c18-14-5-2-1-4-13(14)17(21)20-11-12-7-8-19-15(10-12)16-6-3-9-22-16/h1-10H,11H2,(H,20,21). The number of amides is 1. The molecule has 1 aromatic carbocycles. The van der Waals surface area contributed by atoms with Gasteiger partial charge < -0.3 is 5.32 Å². The fourth-order valence-electron chi connectivity index (χ4n) is 2.07. The van der Waals surface area contributed by atoms with E-state index in [4.69, 9.17) is 0 Å². The van der Waals surface area contributed by atoms with Gasteiger partial charge in [-0.3, -0.25) is 9.78 Å². The Balaban J connectivity index is 1.71. The Morgan fingerprint density at radius 2 is 2.05 bits per heavy atom. The van der Waals surface area contributed by atoms with Crippen molar-refractivity contribution in [2.24, 2.45) is 0 Å². The van der Waals surface area contributed by atoms with Crippen LogP contribution in [-0.2, 0) is 6.54 Å². The molecule has 3 nitrogen and oxygen atoms in total. The fraction of sp³-hybridized carbons (Fsp3) is 0.0588. The van der Waals surface area contributed by atoms with E-state index in [1.54, 1.807) is 23.6 Å². The maximum absolute atomic E-state index is 12.2. The van der Waals surface area contributed by atoms with Crippen LogP contribution < -0.4 is 5.32 Å². The highest BCUT2D eigenvalue weighted by Crippen LogP contribution is 2.23. The Morgan fingerprint density at radius 1 is 1.18 bits per heavy atom. The summed E-state index contributed by atoms with van der Waals surface area (Å²) in [5.41, 5.74) is 2.59. The molecule has 3 aromatic rings. The van der Waals surface area contributed by atoms with Gasteiger partial charge in [-0.1, -0.05) is 18.2 Å². The second-order valence-electron chi connectivity index (χ2n) is 4.69. The molecule has 0 radical (unpaired) electrons. The van der Waals surface area contributed by atoms with E-state index in [2.05, 4.69) is 26.2 Å². The number of aromatic nitrogens is 1. The largest absolute Gasteiger partial charge is 0.348 e. The Labute approximate surface area is 141 Å². The number of hydrogen-bond donors (Lipinski definition) is 1. The molecule has 0 aliphatic heterocycles. The monoisotopic (exact) mass is 372 g/mol. The average Bonchev–Trinajstić information content (AvgIpc) is 3.08. The normalized spacial score (nSPS) is 10.4. The number of carbonyl (C=O) groups excluding carboxylic acids is 1. The summed E-state index contributed by atoms with van der Waals surface area (Å²) >= 11 is 5.04. The topological polar surface area (TPSA) is 42.0 Å². The van der Waals surface area contributed by atoms with Gasteiger partial charge in [0.2, 0.25) is 0 Å². The van der Waals surface area contributed by atoms with E-state index in [0.717, 1.165) is 20.6 Å². The van der Waals surface area contributed by atoms with Crippen LogP contribution in [0.15, 0.2) is 64.6 Å². The summed E-state index contributed by atoms with van der Waals surface area (Å²) in [7, 11) is 0. The van der Waals surface area contributed by atoms with E-state index in [1.807, 2.05) is 47.8 Å². The van der Waals surface area contributed by atoms with Crippen molar-refractivity contribution in [3.63, 3.8) is 0 Å². The quantitative estimate of drug-likeness (QED) is 0.732. The third-order valence-corrected chi connectivity index (χ3v) is 4.75. The maximum Gasteiger partial charge on any atom is 0.252 e. The molecule has 3 rings (SSSR count). The van der Waals surface area contributed by atoms with Crippen LogP contribution in [0.3, 0.4) is 0 Å². The van der Waals surface area contributed by atoms with Gasteiger partial charge in [0.1, 0.15) is 0 Å². The van der Waals surface area contributed by atoms with Crippen molar-refractivity contribution in [1.29, 1.82) is 0 Å². The van der Waals surface area contributed by atoms with Crippen molar-refractivity contribution < 1.29 is 4.79 Å². The molecule has 0 unspecified atom stereocenters. The number of carbonyl (C=O) groups is 1. The van der Waals surface area contributed by atoms with Gasteiger partial charge in [0, 0.05) is 17.2 Å². The van der Waals surface area contributed by atoms with Crippen LogP contribution in [0.25, 0.3) is 10.6 Å². The van der Waals surface area contributed by atoms with E-state index in [1.165, 1.54) is 0 Å². The second-order valence-corrected chi connectivity index (χ2v) is 6.49. The minimum atomic E-state index is -0.0954. The number of thiophene rings is 1. The lowest BCUT2D eigenvalue weighted by molar-refractivity contribution is 0.0950. The minimum Gasteiger partial charge on any atom is -0.348 e. The summed E-state index contributed by atoms with van der Waals surface area (Å²) < 4.78 is 0.793. The van der Waals surface area contributed by atoms with Crippen molar-refractivity contribution >= 4 is 33.2 Å². The van der Waals surface area contributed by atoms with Crippen LogP contribution in [0.5, 0.6) is 0 Å². The first kappa shape index (κ1) is 14.9. The number of pyridine rings is 1. The highest BCUT2D eigenvalue weighted by molar-refractivity contribution is 9.10. The molecule has 1 N–H and O–H groups in total. The number of nitrogens with zero attached hydrogens (tertiary/aromatic N) is 1. The summed E-state index contributed by atoms with van der Waals surface area (Å²) in [5.74, 6) is -0.0954. The molecule has 0 spiro atoms. The SMILES string of the molecule is O=C(NCc1ccnc(-c2cccs2)c1)c1ccccc1Br. The van der Waals surface area contributed by atoms with Crippen molar-refractivity contribution in [3.05, 3.63) is 75.7 Å². The van der Waals surface area contributed by atoms with Crippen LogP contribution >= 0.6 is 27.3 Å². The van der Waals surface area contributed by atoms with Crippen LogP contribution in [0.4, 0.5) is 0 Å². The molecule has 0 saturated heterocycles. The van der Waals surface area contributed by atoms with Gasteiger partial charge in [-0.2, -0.15) is 0 Å². The lowest BCUT2D eigenvalue weighted by Gasteiger charge is -2.07. The first-order valence-electron chi connectivity index (χ1n) is 6.75. The second kappa shape index (κ2) is 6.85. The van der Waals surface area contributed by atoms with E-state index < -0.39 is 0 Å². The summed E-state index contributed by atoms with van der Waals surface area (Å²) in [6, 6.07) is 15.3. The molecule has 0 atom stereocenters. The fourth-order valence-corrected chi connectivity index (χ4v) is 3.22. The lowest BCUT2D eigenvalue weighted by atomic mass is 10.2. The van der Waals surface area contributed by atoms with Crippen LogP contribution in [0.2, 0.25) is 0 Å². The van der Waals surface area contributed by atoms with Gasteiger partial charge in [0.15, 0.2) is 0 Å². The molecule has 5 heteroatoms. The lowest BCUT2D eigenvalue weighted by Crippen LogP contribution is -2.23. The van der Waals surface area contributed by atoms with Crippen molar-refractivity contribution in [1.82, 2.24) is 10.3 Å². The van der Waals surface area contributed by atoms with Gasteiger partial charge in [0.25, 0.3) is 5.91 Å². The molecular formula is C17H13BrN2OS. The van der Waals surface area contributed by atoms with Gasteiger partial charge in [-0.05, 0) is 57.2 Å². The smallest absolute Gasteiger partial charge is 0.252 e. The molecule has 1 amide bonds. The van der Waals surface area contributed by atoms with E-state index in [-0.39, 0.29) is 5.91 Å². The minimum absolute atomic E-state index is 0.0954. The van der Waals surface area contributed by atoms with Crippen molar-refractivity contribution in [3.8, 4) is 10.6 Å². The number of benzene rings is 1. The molecule has 110 valence electrons. The highest BCUT2D eigenvalue weighted by Gasteiger charge is 2.09. The third kappa shape index (κ3) is 3.43. The van der Waals surface area contributed by atoms with Gasteiger partial charge in [-0.15, -0.1) is 11.3 Å². The summed E-state index contributed by atoms with van der Waals surface area (Å²) in [5, 5.41) is 4.96. The van der Waals surface area contributed by atoms with E-state index in [0.29, 0.717) is 12.1 Å². The molecule has 0 saturated carbocycles. The van der Waals surface area contributed by atoms with E-state index >= 15 is 0 Å². The molecule has 2 aromatic heterocycles. The zero-order valence-corrected chi connectivity index (χ0v) is 14.0. The first-order valence-corrected chi connectivity index (χ1v) is 8.43. The number of rotatable bonds is 4. The van der Waals surface area contributed by atoms with Crippen molar-refractivity contribution in [2.45, 2.75) is 6.54 Å². The molecule has 2 heterocycles. The van der Waals surface area contributed by atoms with Crippen molar-refractivity contribution in [2.75, 3.05) is 0 Å². The maximum atomic E-state index is 12.2. The predicted molar refractivity (Wildman–Crippen MR) is 92.9 cm³/mol. The van der Waals surface area contributed by atoms with E-state index in [9.17, 15) is 4.79 Å². The summed E-state index contributed by atoms with van der Waals surface area (Å²) in [6.45, 7) is 0.473. The predicted octanol–water partition coefficient (Wildman–Crippen LogP) is 4.50. The Bertz CT molecular complexity index is 787. The molecular weight excluding hydrogens is 360 g/mol. The molecule has 0 aliphatic carbocycles. The average molecular weight is 373 g/mol. The van der Waals surface area contributed by atoms with Gasteiger partial charge in [0.05, 0.1) is 16.1 Å². The summed E-state index contributed by atoms with van der Waals surface area (Å²) in [4.78, 5) is 17.7. The first-order chi connectivity index (χ1) is 10.7. The van der Waals surface area contributed by atoms with Gasteiger partial charge >= 0.3 is 0 Å². The Kier molecular flexibility index (Phi) is 4.65. The number of hydrogen-bond acceptors (Lipinski definition) is 3. The Hall–Kier alpha value is -1.98. The van der Waals surface area contributed by atoms with Crippen LogP contribution in [-0.4, -0.2) is 10.9 Å². The highest BCUT2D eigenvalue weighted by atomic mass is 79.9. The molecule has 0 bridgehead atoms. The van der Waals surface area contributed by atoms with Crippen LogP contribution in [0.1, 0.15) is 15.9 Å². The zero-order valence-electron chi connectivity index (χ0n) is 11.6. The molecule has 0 fully saturated rings. The molecule has 0 aliphatic rings. The van der Waals surface area contributed by atoms with Gasteiger partial charge in [-0.25, -0.2) is 0 Å². The third-order valence-electron chi connectivity index (χ3n) is 3.17. The number of halogens is 1. The number of nitrogens with one attached hydrogen (secondary N) is 1. The zero-order chi connectivity index (χ0) is 15.4. The molecule has 22 heavy (non-hydrogen) atoms. The van der Waals surface area contributed by atoms with Crippen LogP contribution in [0, 0.1) is 0 Å². The Morgan fingerprint density at radius 3 is 2.82 bits per heavy atom. The summed E-state index contributed by atoms with van der Waals surface area (Å²) in [6.07, 6.45) is 1.77.